The van der Waals surface area contributed by atoms with Crippen LogP contribution < -0.4 is 0 Å². The van der Waals surface area contributed by atoms with Crippen molar-refractivity contribution in [3.05, 3.63) is 504 Å². The number of nitrogens with zero attached hydrogens (tertiary/aromatic N) is 9. The molecule has 0 aliphatic rings. The van der Waals surface area contributed by atoms with Gasteiger partial charge in [-0.3, -0.25) is 9.55 Å². The van der Waals surface area contributed by atoms with E-state index in [1.807, 2.05) is 48.8 Å². The second-order valence-electron chi connectivity index (χ2n) is 35.4. The lowest BCUT2D eigenvalue weighted by atomic mass is 9.96. The molecule has 28 aromatic rings. The highest BCUT2D eigenvalue weighted by molar-refractivity contribution is 6.26. The summed E-state index contributed by atoms with van der Waals surface area (Å²) in [5, 5.41) is 20.7. The predicted octanol–water partition coefficient (Wildman–Crippen LogP) is 33.5. The van der Waals surface area contributed by atoms with Gasteiger partial charge < -0.3 is 13.7 Å². The van der Waals surface area contributed by atoms with Crippen molar-refractivity contribution < 1.29 is 0 Å². The lowest BCUT2D eigenvalue weighted by Crippen LogP contribution is -2.03. The molecule has 7 heterocycles. The summed E-state index contributed by atoms with van der Waals surface area (Å²) in [6.07, 6.45) is 3.86. The highest BCUT2D eigenvalue weighted by Gasteiger charge is 2.25. The van der Waals surface area contributed by atoms with Gasteiger partial charge in [-0.1, -0.05) is 376 Å². The van der Waals surface area contributed by atoms with Gasteiger partial charge in [0.1, 0.15) is 0 Å². The monoisotopic (exact) mass is 1760 g/mol. The van der Waals surface area contributed by atoms with Gasteiger partial charge in [0.15, 0.2) is 5.82 Å². The number of rotatable bonds is 12. The third-order valence-corrected chi connectivity index (χ3v) is 27.3. The van der Waals surface area contributed by atoms with Gasteiger partial charge in [0.25, 0.3) is 0 Å². The van der Waals surface area contributed by atoms with E-state index in [9.17, 15) is 0 Å². The lowest BCUT2D eigenvalue weighted by molar-refractivity contribution is 1.02. The Morgan fingerprint density at radius 2 is 0.594 bits per heavy atom. The van der Waals surface area contributed by atoms with Crippen molar-refractivity contribution in [1.29, 1.82) is 0 Å². The van der Waals surface area contributed by atoms with Crippen molar-refractivity contribution in [2.24, 2.45) is 0 Å². The number of fused-ring (bicyclic) bond motifs is 20. The van der Waals surface area contributed by atoms with E-state index in [0.717, 1.165) is 101 Å². The van der Waals surface area contributed by atoms with E-state index in [-0.39, 0.29) is 0 Å². The molecule has 0 radical (unpaired) electrons. The molecule has 0 N–H and O–H groups in total. The highest BCUT2D eigenvalue weighted by Crippen LogP contribution is 2.46. The Kier molecular flexibility index (Phi) is 19.7. The quantitative estimate of drug-likeness (QED) is 0.122. The van der Waals surface area contributed by atoms with Gasteiger partial charge in [0, 0.05) is 105 Å². The maximum absolute atomic E-state index is 5.25. The summed E-state index contributed by atoms with van der Waals surface area (Å²) in [4.78, 5) is 25.0. The third-order valence-electron chi connectivity index (χ3n) is 27.3. The molecule has 9 heteroatoms. The molecule has 138 heavy (non-hydrogen) atoms. The molecule has 0 amide bonds. The van der Waals surface area contributed by atoms with E-state index in [0.29, 0.717) is 11.8 Å². The SMILES string of the molecule is c1ccc(-c2cc(-c3cccc(-c4cc(-c5ccccc5)nc(-c5ccccc5)n4)c3)cc(-n3c4ccccc4c4ccc5ccccc5c43)c2)cc1.c1ccc(-c2nc(-n3c4ccc5ccccc5c4c4ccc5ccccc5c43)nc3ccccc23)cc1.c1ccc(-n2c3ccc(-c4ccc5c(c4)c4ccccc4n5-c4cccc(-c5ccc6ccccc6c5)c4)cc3c3ccncc32)cc1. The van der Waals surface area contributed by atoms with Crippen LogP contribution in [0.1, 0.15) is 0 Å². The van der Waals surface area contributed by atoms with Crippen LogP contribution in [0.2, 0.25) is 0 Å². The van der Waals surface area contributed by atoms with E-state index in [1.54, 1.807) is 0 Å². The van der Waals surface area contributed by atoms with E-state index < -0.39 is 0 Å². The molecule has 0 saturated carbocycles. The number of para-hydroxylation sites is 4. The molecule has 0 aliphatic carbocycles. The molecule has 0 fully saturated rings. The first-order chi connectivity index (χ1) is 68.4. The maximum atomic E-state index is 5.25. The summed E-state index contributed by atoms with van der Waals surface area (Å²) in [5.41, 5.74) is 30.0. The molecule has 0 saturated heterocycles. The summed E-state index contributed by atoms with van der Waals surface area (Å²) in [7, 11) is 0. The standard InChI is InChI=1S/C50H33N3.C45H29N3.C34H21N3/c1-4-15-34(16-5-1)40-30-41(32-42(31-40)53-48-26-13-12-25-44(48)45-28-27-35-17-10-11-24-43(35)49(45)53)38-22-14-23-39(29-38)47-33-46(36-18-6-2-7-19-36)51-50(52-47)37-20-8-3-9-21-37;1-2-12-36(13-3-1)47-43-21-19-35(28-41(43)39-23-24-46-29-45(39)47)34-20-22-44-40(27-34)38-15-6-7-16-42(38)48(44)37-14-8-11-32(26-37)33-18-17-30-9-4-5-10-31(30)25-33;1-2-12-24(13-3-1)32-27-16-8-9-17-29(27)35-34(36-32)37-30-21-19-22-10-4-6-14-25(22)31(30)28-20-18-23-11-5-7-15-26(23)33(28)37/h1-33H;1-29H;1-21H. The fraction of sp³-hybridized carbons (Fsp3) is 0. The lowest BCUT2D eigenvalue weighted by Gasteiger charge is -2.15. The van der Waals surface area contributed by atoms with E-state index >= 15 is 0 Å². The summed E-state index contributed by atoms with van der Waals surface area (Å²) < 4.78 is 9.43. The zero-order valence-corrected chi connectivity index (χ0v) is 74.9. The number of aromatic nitrogens is 9. The minimum Gasteiger partial charge on any atom is -0.309 e. The van der Waals surface area contributed by atoms with Gasteiger partial charge in [-0.2, -0.15) is 0 Å². The number of hydrogen-bond donors (Lipinski definition) is 0. The van der Waals surface area contributed by atoms with Crippen molar-refractivity contribution in [2.45, 2.75) is 0 Å². The Hall–Kier alpha value is -18.6. The van der Waals surface area contributed by atoms with Crippen molar-refractivity contribution in [3.8, 4) is 113 Å². The van der Waals surface area contributed by atoms with Crippen LogP contribution in [0.25, 0.3) is 254 Å². The highest BCUT2D eigenvalue weighted by atomic mass is 15.2. The summed E-state index contributed by atoms with van der Waals surface area (Å²) >= 11 is 0. The van der Waals surface area contributed by atoms with Crippen LogP contribution in [-0.2, 0) is 0 Å². The number of benzene rings is 21. The van der Waals surface area contributed by atoms with Gasteiger partial charge in [0.05, 0.1) is 72.9 Å². The minimum absolute atomic E-state index is 0.684. The van der Waals surface area contributed by atoms with E-state index in [4.69, 9.17) is 19.9 Å². The molecule has 0 unspecified atom stereocenters. The first-order valence-corrected chi connectivity index (χ1v) is 46.9. The Bertz CT molecular complexity index is 9600. The van der Waals surface area contributed by atoms with Gasteiger partial charge in [-0.15, -0.1) is 0 Å². The normalized spacial score (nSPS) is 11.6. The fourth-order valence-corrected chi connectivity index (χ4v) is 20.9. The van der Waals surface area contributed by atoms with Crippen LogP contribution in [0, 0.1) is 0 Å². The van der Waals surface area contributed by atoms with Crippen molar-refractivity contribution >= 4 is 141 Å². The molecule has 21 aromatic carbocycles. The fourth-order valence-electron chi connectivity index (χ4n) is 20.9. The smallest absolute Gasteiger partial charge is 0.235 e. The molecule has 0 aliphatic heterocycles. The summed E-state index contributed by atoms with van der Waals surface area (Å²) in [6.45, 7) is 0. The number of hydrogen-bond acceptors (Lipinski definition) is 5. The molecular weight excluding hydrogens is 1680 g/mol. The van der Waals surface area contributed by atoms with Gasteiger partial charge in [0.2, 0.25) is 5.95 Å². The average molecular weight is 1760 g/mol. The zero-order chi connectivity index (χ0) is 91.1. The van der Waals surface area contributed by atoms with Crippen molar-refractivity contribution in [1.82, 2.24) is 43.2 Å². The second kappa shape index (κ2) is 33.9. The molecule has 0 bridgehead atoms. The first kappa shape index (κ1) is 80.3. The Balaban J connectivity index is 0.000000109. The van der Waals surface area contributed by atoms with Gasteiger partial charge >= 0.3 is 0 Å². The average Bonchev–Trinajstić information content (AvgIpc) is 1.56. The van der Waals surface area contributed by atoms with Crippen LogP contribution in [0.3, 0.4) is 0 Å². The largest absolute Gasteiger partial charge is 0.309 e. The van der Waals surface area contributed by atoms with E-state index in [2.05, 4.69) is 478 Å². The van der Waals surface area contributed by atoms with Crippen LogP contribution in [0.4, 0.5) is 0 Å². The van der Waals surface area contributed by atoms with Gasteiger partial charge in [-0.05, 0) is 192 Å². The molecule has 28 rings (SSSR count). The van der Waals surface area contributed by atoms with Crippen molar-refractivity contribution in [3.63, 3.8) is 0 Å². The molecule has 644 valence electrons. The molecular formula is C129H83N9. The second-order valence-corrected chi connectivity index (χ2v) is 35.4. The maximum Gasteiger partial charge on any atom is 0.235 e. The summed E-state index contributed by atoms with van der Waals surface area (Å²) in [6, 6.07) is 175. The predicted molar refractivity (Wildman–Crippen MR) is 577 cm³/mol. The number of pyridine rings is 1. The molecule has 7 aromatic heterocycles. The van der Waals surface area contributed by atoms with E-state index in [1.165, 1.54) is 142 Å². The molecule has 0 spiro atoms. The Morgan fingerprint density at radius 3 is 1.28 bits per heavy atom. The third kappa shape index (κ3) is 14.1. The van der Waals surface area contributed by atoms with Crippen LogP contribution in [-0.4, -0.2) is 43.2 Å². The summed E-state index contributed by atoms with van der Waals surface area (Å²) in [5.74, 6) is 1.39. The van der Waals surface area contributed by atoms with Crippen LogP contribution >= 0.6 is 0 Å². The molecule has 9 nitrogen and oxygen atoms in total. The Labute approximate surface area is 795 Å². The van der Waals surface area contributed by atoms with Gasteiger partial charge in [-0.25, -0.2) is 19.9 Å². The minimum atomic E-state index is 0.684. The van der Waals surface area contributed by atoms with Crippen LogP contribution in [0.5, 0.6) is 0 Å². The first-order valence-electron chi connectivity index (χ1n) is 46.9. The van der Waals surface area contributed by atoms with Crippen molar-refractivity contribution in [2.75, 3.05) is 0 Å². The zero-order valence-electron chi connectivity index (χ0n) is 74.9. The topological polar surface area (TPSA) is 84.2 Å². The van der Waals surface area contributed by atoms with Crippen LogP contribution in [0.15, 0.2) is 504 Å². The molecule has 0 atom stereocenters. The Morgan fingerprint density at radius 1 is 0.174 bits per heavy atom.